The average molecular weight is 380 g/mol. The second-order valence-corrected chi connectivity index (χ2v) is 6.66. The molecule has 1 heterocycles. The monoisotopic (exact) mass is 380 g/mol. The second-order valence-electron chi connectivity index (χ2n) is 6.66. The Morgan fingerprint density at radius 3 is 2.04 bits per heavy atom. The number of ketones is 1. The smallest absolute Gasteiger partial charge is 0.203 e. The molecule has 3 rings (SSSR count). The molecule has 0 saturated carbocycles. The van der Waals surface area contributed by atoms with Crippen molar-refractivity contribution in [2.24, 2.45) is 0 Å². The maximum Gasteiger partial charge on any atom is 0.203 e. The normalized spacial score (nSPS) is 10.8. The van der Waals surface area contributed by atoms with Crippen molar-refractivity contribution in [1.82, 2.24) is 9.78 Å². The summed E-state index contributed by atoms with van der Waals surface area (Å²) in [6.45, 7) is 4.30. The molecule has 0 bridgehead atoms. The molecule has 0 aliphatic rings. The van der Waals surface area contributed by atoms with Gasteiger partial charge in [-0.1, -0.05) is 26.0 Å². The summed E-state index contributed by atoms with van der Waals surface area (Å²) < 4.78 is 17.7. The summed E-state index contributed by atoms with van der Waals surface area (Å²) in [5.41, 5.74) is 3.06. The van der Waals surface area contributed by atoms with Crippen LogP contribution in [0.4, 0.5) is 0 Å². The van der Waals surface area contributed by atoms with E-state index < -0.39 is 0 Å². The van der Waals surface area contributed by atoms with Crippen LogP contribution in [0.15, 0.2) is 48.8 Å². The first kappa shape index (κ1) is 19.5. The molecule has 28 heavy (non-hydrogen) atoms. The van der Waals surface area contributed by atoms with Crippen molar-refractivity contribution < 1.29 is 19.0 Å². The Labute approximate surface area is 164 Å². The first-order valence-corrected chi connectivity index (χ1v) is 8.98. The Morgan fingerprint density at radius 2 is 1.54 bits per heavy atom. The van der Waals surface area contributed by atoms with Gasteiger partial charge in [0.25, 0.3) is 0 Å². The topological polar surface area (TPSA) is 62.6 Å². The summed E-state index contributed by atoms with van der Waals surface area (Å²) in [6.07, 6.45) is 3.28. The minimum atomic E-state index is -0.177. The molecule has 0 N–H and O–H groups in total. The van der Waals surface area contributed by atoms with Crippen LogP contribution in [0.3, 0.4) is 0 Å². The lowest BCUT2D eigenvalue weighted by atomic mass is 10.0. The van der Waals surface area contributed by atoms with Crippen LogP contribution < -0.4 is 14.2 Å². The van der Waals surface area contributed by atoms with Crippen molar-refractivity contribution >= 4 is 5.78 Å². The van der Waals surface area contributed by atoms with Gasteiger partial charge in [0.2, 0.25) is 5.75 Å². The highest BCUT2D eigenvalue weighted by atomic mass is 16.5. The van der Waals surface area contributed by atoms with E-state index in [0.29, 0.717) is 34.3 Å². The summed E-state index contributed by atoms with van der Waals surface area (Å²) in [5.74, 6) is 1.60. The van der Waals surface area contributed by atoms with Crippen molar-refractivity contribution in [1.29, 1.82) is 0 Å². The van der Waals surface area contributed by atoms with Gasteiger partial charge in [0.15, 0.2) is 17.3 Å². The van der Waals surface area contributed by atoms with Gasteiger partial charge in [0.05, 0.1) is 38.8 Å². The summed E-state index contributed by atoms with van der Waals surface area (Å²) in [4.78, 5) is 13.0. The minimum absolute atomic E-state index is 0.177. The Kier molecular flexibility index (Phi) is 5.68. The number of benzene rings is 2. The molecule has 0 radical (unpaired) electrons. The summed E-state index contributed by atoms with van der Waals surface area (Å²) in [6, 6.07) is 11.4. The molecule has 146 valence electrons. The molecule has 0 spiro atoms. The molecule has 0 saturated heterocycles. The largest absolute Gasteiger partial charge is 0.493 e. The predicted molar refractivity (Wildman–Crippen MR) is 107 cm³/mol. The number of hydrogen-bond acceptors (Lipinski definition) is 5. The van der Waals surface area contributed by atoms with Crippen LogP contribution in [0.2, 0.25) is 0 Å². The molecule has 6 heteroatoms. The molecular weight excluding hydrogens is 356 g/mol. The standard InChI is InChI=1S/C22H24N2O4/c1-14(2)15-6-8-18(9-7-15)24-13-17(12-23-24)21(25)16-10-19(26-3)22(28-5)20(11-16)27-4/h6-14H,1-5H3. The zero-order chi connectivity index (χ0) is 20.3. The third kappa shape index (κ3) is 3.71. The van der Waals surface area contributed by atoms with Gasteiger partial charge in [-0.2, -0.15) is 5.10 Å². The van der Waals surface area contributed by atoms with E-state index in [2.05, 4.69) is 31.1 Å². The van der Waals surface area contributed by atoms with E-state index in [-0.39, 0.29) is 5.78 Å². The van der Waals surface area contributed by atoms with Crippen LogP contribution in [-0.2, 0) is 0 Å². The van der Waals surface area contributed by atoms with E-state index in [1.54, 1.807) is 29.2 Å². The fourth-order valence-electron chi connectivity index (χ4n) is 2.97. The van der Waals surface area contributed by atoms with Crippen molar-refractivity contribution in [3.05, 3.63) is 65.5 Å². The lowest BCUT2D eigenvalue weighted by molar-refractivity contribution is 0.103. The lowest BCUT2D eigenvalue weighted by Crippen LogP contribution is -2.03. The van der Waals surface area contributed by atoms with Crippen LogP contribution in [0.1, 0.15) is 41.3 Å². The molecule has 3 aromatic rings. The first-order valence-electron chi connectivity index (χ1n) is 8.98. The number of rotatable bonds is 7. The molecule has 0 unspecified atom stereocenters. The third-order valence-electron chi connectivity index (χ3n) is 4.60. The Balaban J connectivity index is 1.92. The lowest BCUT2D eigenvalue weighted by Gasteiger charge is -2.13. The molecule has 0 fully saturated rings. The number of ether oxygens (including phenoxy) is 3. The average Bonchev–Trinajstić information content (AvgIpc) is 3.22. The van der Waals surface area contributed by atoms with Gasteiger partial charge in [0, 0.05) is 11.8 Å². The van der Waals surface area contributed by atoms with Crippen molar-refractivity contribution in [3.8, 4) is 22.9 Å². The van der Waals surface area contributed by atoms with Crippen LogP contribution >= 0.6 is 0 Å². The molecule has 2 aromatic carbocycles. The zero-order valence-corrected chi connectivity index (χ0v) is 16.7. The maximum atomic E-state index is 13.0. The van der Waals surface area contributed by atoms with E-state index in [1.165, 1.54) is 26.9 Å². The Hall–Kier alpha value is -3.28. The van der Waals surface area contributed by atoms with Gasteiger partial charge in [0.1, 0.15) is 0 Å². The third-order valence-corrected chi connectivity index (χ3v) is 4.60. The SMILES string of the molecule is COc1cc(C(=O)c2cnn(-c3ccc(C(C)C)cc3)c2)cc(OC)c1OC. The van der Waals surface area contributed by atoms with E-state index in [9.17, 15) is 4.79 Å². The number of hydrogen-bond donors (Lipinski definition) is 0. The van der Waals surface area contributed by atoms with Gasteiger partial charge in [-0.25, -0.2) is 4.68 Å². The van der Waals surface area contributed by atoms with Gasteiger partial charge >= 0.3 is 0 Å². The van der Waals surface area contributed by atoms with Crippen molar-refractivity contribution in [2.75, 3.05) is 21.3 Å². The fourth-order valence-corrected chi connectivity index (χ4v) is 2.97. The molecule has 6 nitrogen and oxygen atoms in total. The number of nitrogens with zero attached hydrogens (tertiary/aromatic N) is 2. The highest BCUT2D eigenvalue weighted by Gasteiger charge is 2.19. The van der Waals surface area contributed by atoms with E-state index >= 15 is 0 Å². The molecule has 0 aliphatic heterocycles. The van der Waals surface area contributed by atoms with E-state index in [1.807, 2.05) is 12.1 Å². The van der Waals surface area contributed by atoms with Crippen LogP contribution in [0.5, 0.6) is 17.2 Å². The Morgan fingerprint density at radius 1 is 0.929 bits per heavy atom. The second kappa shape index (κ2) is 8.17. The van der Waals surface area contributed by atoms with Crippen molar-refractivity contribution in [3.63, 3.8) is 0 Å². The quantitative estimate of drug-likeness (QED) is 0.573. The maximum absolute atomic E-state index is 13.0. The highest BCUT2D eigenvalue weighted by molar-refractivity contribution is 6.09. The van der Waals surface area contributed by atoms with Crippen LogP contribution in [0.25, 0.3) is 5.69 Å². The molecule has 1 aromatic heterocycles. The van der Waals surface area contributed by atoms with Gasteiger partial charge in [-0.15, -0.1) is 0 Å². The van der Waals surface area contributed by atoms with Gasteiger partial charge in [-0.05, 0) is 35.7 Å². The molecule has 0 amide bonds. The zero-order valence-electron chi connectivity index (χ0n) is 16.7. The molecule has 0 atom stereocenters. The molecule has 0 aliphatic carbocycles. The van der Waals surface area contributed by atoms with E-state index in [0.717, 1.165) is 5.69 Å². The van der Waals surface area contributed by atoms with Gasteiger partial charge in [-0.3, -0.25) is 4.79 Å². The highest BCUT2D eigenvalue weighted by Crippen LogP contribution is 2.38. The predicted octanol–water partition coefficient (Wildman–Crippen LogP) is 4.25. The fraction of sp³-hybridized carbons (Fsp3) is 0.273. The van der Waals surface area contributed by atoms with Gasteiger partial charge < -0.3 is 14.2 Å². The first-order chi connectivity index (χ1) is 13.5. The number of carbonyl (C=O) groups is 1. The number of methoxy groups -OCH3 is 3. The number of carbonyl (C=O) groups excluding carboxylic acids is 1. The number of aromatic nitrogens is 2. The van der Waals surface area contributed by atoms with Crippen LogP contribution in [0, 0.1) is 0 Å². The summed E-state index contributed by atoms with van der Waals surface area (Å²) in [7, 11) is 4.56. The summed E-state index contributed by atoms with van der Waals surface area (Å²) >= 11 is 0. The van der Waals surface area contributed by atoms with E-state index in [4.69, 9.17) is 14.2 Å². The Bertz CT molecular complexity index is 949. The molecular formula is C22H24N2O4. The minimum Gasteiger partial charge on any atom is -0.493 e. The van der Waals surface area contributed by atoms with Crippen molar-refractivity contribution in [2.45, 2.75) is 19.8 Å². The summed E-state index contributed by atoms with van der Waals surface area (Å²) in [5, 5.41) is 4.34. The van der Waals surface area contributed by atoms with Crippen LogP contribution in [-0.4, -0.2) is 36.9 Å².